The van der Waals surface area contributed by atoms with Crippen LogP contribution in [0.2, 0.25) is 0 Å². The molecule has 0 spiro atoms. The number of hydrogen-bond donors (Lipinski definition) is 0. The molecule has 0 N–H and O–H groups in total. The van der Waals surface area contributed by atoms with Gasteiger partial charge in [-0.25, -0.2) is 0 Å². The van der Waals surface area contributed by atoms with E-state index >= 15 is 0 Å². The molecular formula is C52H58O6. The molecule has 0 heterocycles. The van der Waals surface area contributed by atoms with E-state index in [1.54, 1.807) is 30.3 Å². The highest BCUT2D eigenvalue weighted by Gasteiger charge is 2.22. The highest BCUT2D eigenvalue weighted by molar-refractivity contribution is 5.83. The molecule has 6 nitrogen and oxygen atoms in total. The normalized spacial score (nSPS) is 13.1. The van der Waals surface area contributed by atoms with Gasteiger partial charge in [-0.2, -0.15) is 0 Å². The van der Waals surface area contributed by atoms with Crippen molar-refractivity contribution in [3.63, 3.8) is 0 Å². The lowest BCUT2D eigenvalue weighted by Gasteiger charge is -2.15. The van der Waals surface area contributed by atoms with Crippen LogP contribution in [0.3, 0.4) is 0 Å². The lowest BCUT2D eigenvalue weighted by atomic mass is 9.96. The van der Waals surface area contributed by atoms with Crippen LogP contribution in [0, 0.1) is 11.8 Å². The Bertz CT molecular complexity index is 2070. The van der Waals surface area contributed by atoms with E-state index in [1.165, 1.54) is 16.7 Å². The van der Waals surface area contributed by atoms with E-state index in [4.69, 9.17) is 14.2 Å². The van der Waals surface area contributed by atoms with Crippen molar-refractivity contribution >= 4 is 30.1 Å². The summed E-state index contributed by atoms with van der Waals surface area (Å²) >= 11 is 0. The Kier molecular flexibility index (Phi) is 15.0. The van der Waals surface area contributed by atoms with Gasteiger partial charge in [-0.1, -0.05) is 139 Å². The first-order valence-corrected chi connectivity index (χ1v) is 20.5. The van der Waals surface area contributed by atoms with E-state index in [0.717, 1.165) is 35.1 Å². The van der Waals surface area contributed by atoms with Crippen LogP contribution < -0.4 is 14.2 Å². The van der Waals surface area contributed by atoms with Crippen LogP contribution in [0.25, 0.3) is 12.2 Å². The van der Waals surface area contributed by atoms with E-state index in [0.29, 0.717) is 29.1 Å². The average Bonchev–Trinajstić information content (AvgIpc) is 3.19. The fraction of sp³-hybridized carbons (Fsp3) is 0.327. The van der Waals surface area contributed by atoms with Crippen molar-refractivity contribution in [3.8, 4) is 17.2 Å². The van der Waals surface area contributed by atoms with Crippen LogP contribution in [-0.2, 0) is 27.2 Å². The summed E-state index contributed by atoms with van der Waals surface area (Å²) in [6, 6.07) is 36.5. The minimum Gasteiger partial charge on any atom is -0.426 e. The maximum Gasteiger partial charge on any atom is 0.318 e. The summed E-state index contributed by atoms with van der Waals surface area (Å²) in [4.78, 5) is 39.9. The van der Waals surface area contributed by atoms with Gasteiger partial charge in [0.2, 0.25) is 0 Å². The van der Waals surface area contributed by atoms with Crippen molar-refractivity contribution in [2.45, 2.75) is 98.8 Å². The monoisotopic (exact) mass is 778 g/mol. The molecule has 0 aliphatic heterocycles. The highest BCUT2D eigenvalue weighted by atomic mass is 16.5. The number of hydrogen-bond acceptors (Lipinski definition) is 6. The molecule has 0 fully saturated rings. The predicted octanol–water partition coefficient (Wildman–Crippen LogP) is 12.5. The summed E-state index contributed by atoms with van der Waals surface area (Å²) in [5, 5.41) is 0. The molecule has 0 aliphatic carbocycles. The molecule has 0 aliphatic rings. The van der Waals surface area contributed by atoms with Gasteiger partial charge >= 0.3 is 17.9 Å². The van der Waals surface area contributed by atoms with E-state index in [2.05, 4.69) is 77.9 Å². The Morgan fingerprint density at radius 1 is 0.414 bits per heavy atom. The summed E-state index contributed by atoms with van der Waals surface area (Å²) in [5.74, 6) is -0.155. The van der Waals surface area contributed by atoms with Crippen molar-refractivity contribution < 1.29 is 28.6 Å². The second-order valence-electron chi connectivity index (χ2n) is 16.6. The molecule has 3 unspecified atom stereocenters. The second-order valence-corrected chi connectivity index (χ2v) is 16.6. The molecule has 0 radical (unpaired) electrons. The first kappa shape index (κ1) is 43.4. The maximum absolute atomic E-state index is 13.5. The van der Waals surface area contributed by atoms with Crippen LogP contribution in [0.5, 0.6) is 17.2 Å². The van der Waals surface area contributed by atoms with Crippen molar-refractivity contribution in [3.05, 3.63) is 160 Å². The summed E-state index contributed by atoms with van der Waals surface area (Å²) in [6.07, 6.45) is 5.67. The number of ether oxygens (including phenoxy) is 3. The lowest BCUT2D eigenvalue weighted by Crippen LogP contribution is -2.18. The van der Waals surface area contributed by atoms with E-state index in [1.807, 2.05) is 81.5 Å². The predicted molar refractivity (Wildman–Crippen MR) is 234 cm³/mol. The summed E-state index contributed by atoms with van der Waals surface area (Å²) in [6.45, 7) is 18.5. The number of rotatable bonds is 16. The molecule has 5 aromatic rings. The van der Waals surface area contributed by atoms with Gasteiger partial charge in [0.1, 0.15) is 17.2 Å². The van der Waals surface area contributed by atoms with Gasteiger partial charge in [0, 0.05) is 6.07 Å². The number of esters is 3. The molecular weight excluding hydrogens is 721 g/mol. The number of carbonyl (C=O) groups is 3. The van der Waals surface area contributed by atoms with Gasteiger partial charge < -0.3 is 14.2 Å². The Hall–Kier alpha value is -5.75. The SMILES string of the molecule is CC(C)Cc1ccc(C(C)C(=O)Oc2cc(/C=C/c3ccc(OC(=O)C(C)c4ccc(C(C)C)cc4)cc3)cc(OC(=O)C(C)c3ccc(CC(C)C)cc3)c2)cc1. The maximum atomic E-state index is 13.5. The first-order chi connectivity index (χ1) is 27.6. The lowest BCUT2D eigenvalue weighted by molar-refractivity contribution is -0.136. The van der Waals surface area contributed by atoms with Crippen molar-refractivity contribution in [1.29, 1.82) is 0 Å². The molecule has 5 rings (SSSR count). The van der Waals surface area contributed by atoms with E-state index in [9.17, 15) is 14.4 Å². The molecule has 0 bridgehead atoms. The largest absolute Gasteiger partial charge is 0.426 e. The van der Waals surface area contributed by atoms with Crippen molar-refractivity contribution in [2.24, 2.45) is 11.8 Å². The van der Waals surface area contributed by atoms with E-state index < -0.39 is 29.7 Å². The van der Waals surface area contributed by atoms with Crippen LogP contribution in [-0.4, -0.2) is 17.9 Å². The van der Waals surface area contributed by atoms with Gasteiger partial charge in [0.25, 0.3) is 0 Å². The highest BCUT2D eigenvalue weighted by Crippen LogP contribution is 2.30. The molecule has 3 atom stereocenters. The summed E-state index contributed by atoms with van der Waals surface area (Å²) < 4.78 is 17.6. The molecule has 0 amide bonds. The van der Waals surface area contributed by atoms with Crippen LogP contribution >= 0.6 is 0 Å². The zero-order valence-corrected chi connectivity index (χ0v) is 35.5. The Labute approximate surface area is 345 Å². The van der Waals surface area contributed by atoms with Gasteiger partial charge in [0.05, 0.1) is 17.8 Å². The Morgan fingerprint density at radius 2 is 0.759 bits per heavy atom. The fourth-order valence-electron chi connectivity index (χ4n) is 6.67. The van der Waals surface area contributed by atoms with Crippen molar-refractivity contribution in [1.82, 2.24) is 0 Å². The molecule has 0 aromatic heterocycles. The topological polar surface area (TPSA) is 78.9 Å². The van der Waals surface area contributed by atoms with Crippen LogP contribution in [0.1, 0.15) is 130 Å². The van der Waals surface area contributed by atoms with E-state index in [-0.39, 0.29) is 17.5 Å². The third kappa shape index (κ3) is 12.4. The van der Waals surface area contributed by atoms with Gasteiger partial charge in [0.15, 0.2) is 0 Å². The fourth-order valence-corrected chi connectivity index (χ4v) is 6.67. The summed E-state index contributed by atoms with van der Waals surface area (Å²) in [5.41, 5.74) is 7.80. The molecule has 6 heteroatoms. The molecule has 302 valence electrons. The van der Waals surface area contributed by atoms with Gasteiger partial charge in [-0.15, -0.1) is 0 Å². The van der Waals surface area contributed by atoms with Crippen molar-refractivity contribution in [2.75, 3.05) is 0 Å². The minimum absolute atomic E-state index is 0.263. The Balaban J connectivity index is 1.32. The zero-order chi connectivity index (χ0) is 41.9. The number of benzene rings is 5. The summed E-state index contributed by atoms with van der Waals surface area (Å²) in [7, 11) is 0. The van der Waals surface area contributed by atoms with Crippen LogP contribution in [0.4, 0.5) is 0 Å². The Morgan fingerprint density at radius 3 is 1.14 bits per heavy atom. The average molecular weight is 779 g/mol. The molecule has 58 heavy (non-hydrogen) atoms. The quantitative estimate of drug-likeness (QED) is 0.0564. The second kappa shape index (κ2) is 20.1. The number of carbonyl (C=O) groups excluding carboxylic acids is 3. The smallest absolute Gasteiger partial charge is 0.318 e. The molecule has 0 saturated carbocycles. The first-order valence-electron chi connectivity index (χ1n) is 20.5. The van der Waals surface area contributed by atoms with Gasteiger partial charge in [-0.3, -0.25) is 14.4 Å². The molecule has 5 aromatic carbocycles. The minimum atomic E-state index is -0.516. The standard InChI is InChI=1S/C52H58O6/c1-33(2)28-40-12-18-44(19-13-40)36(7)51(54)57-48-30-42(31-49(32-48)58-52(55)37(8)45-20-14-41(15-21-45)29-34(3)4)11-10-39-16-26-47(27-17-39)56-50(53)38(9)46-24-22-43(23-25-46)35(5)6/h10-27,30-38H,28-29H2,1-9H3/b11-10+. The third-order valence-electron chi connectivity index (χ3n) is 10.3. The van der Waals surface area contributed by atoms with Gasteiger partial charge in [-0.05, 0) is 120 Å². The van der Waals surface area contributed by atoms with Crippen LogP contribution in [0.15, 0.2) is 115 Å². The zero-order valence-electron chi connectivity index (χ0n) is 35.5. The third-order valence-corrected chi connectivity index (χ3v) is 10.3. The molecule has 0 saturated heterocycles.